The van der Waals surface area contributed by atoms with E-state index in [0.717, 1.165) is 12.1 Å². The quantitative estimate of drug-likeness (QED) is 0.866. The molecule has 0 fully saturated rings. The Morgan fingerprint density at radius 1 is 1.33 bits per heavy atom. The van der Waals surface area contributed by atoms with Gasteiger partial charge in [-0.05, 0) is 24.6 Å². The number of methoxy groups -OCH3 is 1. The lowest BCUT2D eigenvalue weighted by Gasteiger charge is -2.25. The topological polar surface area (TPSA) is 63.6 Å². The van der Waals surface area contributed by atoms with E-state index in [2.05, 4.69) is 15.3 Å². The number of ether oxygens (including phenoxy) is 1. The van der Waals surface area contributed by atoms with Crippen molar-refractivity contribution in [2.45, 2.75) is 13.0 Å². The number of thiazole rings is 1. The van der Waals surface area contributed by atoms with E-state index in [0.29, 0.717) is 22.1 Å². The molecule has 1 aliphatic rings. The number of nitrogens with one attached hydrogen (secondary N) is 1. The van der Waals surface area contributed by atoms with E-state index in [1.165, 1.54) is 24.5 Å². The summed E-state index contributed by atoms with van der Waals surface area (Å²) in [5.74, 6) is -2.09. The zero-order valence-electron chi connectivity index (χ0n) is 12.8. The highest BCUT2D eigenvalue weighted by Gasteiger charge is 2.31. The van der Waals surface area contributed by atoms with Crippen LogP contribution >= 0.6 is 11.3 Å². The molecule has 0 amide bonds. The van der Waals surface area contributed by atoms with E-state index in [-0.39, 0.29) is 5.57 Å². The van der Waals surface area contributed by atoms with Gasteiger partial charge in [0.25, 0.3) is 0 Å². The third-order valence-electron chi connectivity index (χ3n) is 3.54. The normalized spacial score (nSPS) is 17.3. The van der Waals surface area contributed by atoms with Gasteiger partial charge in [-0.1, -0.05) is 6.07 Å². The largest absolute Gasteiger partial charge is 0.466 e. The summed E-state index contributed by atoms with van der Waals surface area (Å²) in [6, 6.07) is 2.63. The van der Waals surface area contributed by atoms with Crippen LogP contribution in [0, 0.1) is 11.6 Å². The minimum absolute atomic E-state index is 0.240. The molecule has 1 aromatic heterocycles. The molecule has 3 rings (SSSR count). The van der Waals surface area contributed by atoms with E-state index < -0.39 is 23.6 Å². The van der Waals surface area contributed by atoms with Crippen molar-refractivity contribution in [3.05, 3.63) is 63.3 Å². The van der Waals surface area contributed by atoms with Crippen molar-refractivity contribution >= 4 is 23.1 Å². The van der Waals surface area contributed by atoms with E-state index in [1.807, 2.05) is 0 Å². The van der Waals surface area contributed by atoms with Crippen LogP contribution in [-0.4, -0.2) is 23.9 Å². The second-order valence-corrected chi connectivity index (χ2v) is 5.94. The summed E-state index contributed by atoms with van der Waals surface area (Å²) in [6.45, 7) is 1.70. The summed E-state index contributed by atoms with van der Waals surface area (Å²) in [6.07, 6.45) is 1.63. The summed E-state index contributed by atoms with van der Waals surface area (Å²) in [4.78, 5) is 20.8. The SMILES string of the molecule is COC(=O)C1=C(C)NC(c2nccs2)=NC1c1ccc(F)c(F)c1. The van der Waals surface area contributed by atoms with Crippen LogP contribution in [-0.2, 0) is 9.53 Å². The molecule has 124 valence electrons. The maximum atomic E-state index is 13.6. The Morgan fingerprint density at radius 3 is 2.75 bits per heavy atom. The van der Waals surface area contributed by atoms with Crippen LogP contribution in [0.2, 0.25) is 0 Å². The van der Waals surface area contributed by atoms with Crippen LogP contribution < -0.4 is 5.32 Å². The van der Waals surface area contributed by atoms with Crippen LogP contribution in [0.5, 0.6) is 0 Å². The third kappa shape index (κ3) is 2.92. The number of aromatic nitrogens is 1. The van der Waals surface area contributed by atoms with Crippen molar-refractivity contribution in [1.82, 2.24) is 10.3 Å². The number of carbonyl (C=O) groups excluding carboxylic acids is 1. The molecule has 0 spiro atoms. The lowest BCUT2D eigenvalue weighted by atomic mass is 9.96. The average Bonchev–Trinajstić information content (AvgIpc) is 3.10. The second-order valence-electron chi connectivity index (χ2n) is 5.05. The molecular weight excluding hydrogens is 336 g/mol. The number of allylic oxidation sites excluding steroid dienone is 1. The Bertz CT molecular complexity index is 847. The number of nitrogens with zero attached hydrogens (tertiary/aromatic N) is 2. The molecule has 2 aromatic rings. The minimum atomic E-state index is -1.00. The molecule has 1 unspecified atom stereocenters. The van der Waals surface area contributed by atoms with Crippen LogP contribution in [0.3, 0.4) is 0 Å². The van der Waals surface area contributed by atoms with Crippen molar-refractivity contribution in [3.63, 3.8) is 0 Å². The molecule has 1 aliphatic heterocycles. The molecule has 5 nitrogen and oxygen atoms in total. The zero-order valence-corrected chi connectivity index (χ0v) is 13.7. The average molecular weight is 349 g/mol. The van der Waals surface area contributed by atoms with Crippen molar-refractivity contribution in [2.24, 2.45) is 4.99 Å². The van der Waals surface area contributed by atoms with Crippen molar-refractivity contribution in [3.8, 4) is 0 Å². The second kappa shape index (κ2) is 6.48. The van der Waals surface area contributed by atoms with Crippen molar-refractivity contribution in [1.29, 1.82) is 0 Å². The van der Waals surface area contributed by atoms with Gasteiger partial charge in [0, 0.05) is 17.3 Å². The van der Waals surface area contributed by atoms with Crippen LogP contribution in [0.1, 0.15) is 23.5 Å². The van der Waals surface area contributed by atoms with Gasteiger partial charge < -0.3 is 10.1 Å². The van der Waals surface area contributed by atoms with E-state index >= 15 is 0 Å². The van der Waals surface area contributed by atoms with E-state index in [9.17, 15) is 13.6 Å². The van der Waals surface area contributed by atoms with Gasteiger partial charge in [-0.15, -0.1) is 11.3 Å². The number of aliphatic imine (C=N–C) groups is 1. The fraction of sp³-hybridized carbons (Fsp3) is 0.188. The van der Waals surface area contributed by atoms with Gasteiger partial charge in [-0.25, -0.2) is 18.6 Å². The number of halogens is 2. The summed E-state index contributed by atoms with van der Waals surface area (Å²) in [7, 11) is 1.25. The monoisotopic (exact) mass is 349 g/mol. The molecule has 8 heteroatoms. The zero-order chi connectivity index (χ0) is 17.3. The van der Waals surface area contributed by atoms with Crippen LogP contribution in [0.15, 0.2) is 46.0 Å². The predicted octanol–water partition coefficient (Wildman–Crippen LogP) is 2.96. The van der Waals surface area contributed by atoms with Crippen molar-refractivity contribution in [2.75, 3.05) is 7.11 Å². The van der Waals surface area contributed by atoms with Gasteiger partial charge >= 0.3 is 5.97 Å². The van der Waals surface area contributed by atoms with Gasteiger partial charge in [0.15, 0.2) is 22.5 Å². The number of esters is 1. The molecule has 1 atom stereocenters. The standard InChI is InChI=1S/C16H13F2N3O2S/c1-8-12(16(22)23-2)13(9-3-4-10(17)11(18)7-9)21-14(20-8)15-19-5-6-24-15/h3-7,13H,1-2H3,(H,20,21). The molecule has 24 heavy (non-hydrogen) atoms. The number of rotatable bonds is 3. The van der Waals surface area contributed by atoms with Gasteiger partial charge in [-0.3, -0.25) is 4.99 Å². The maximum absolute atomic E-state index is 13.6. The Kier molecular flexibility index (Phi) is 4.39. The van der Waals surface area contributed by atoms with E-state index in [4.69, 9.17) is 4.74 Å². The maximum Gasteiger partial charge on any atom is 0.338 e. The Balaban J connectivity index is 2.12. The molecule has 1 aromatic carbocycles. The number of hydrogen-bond donors (Lipinski definition) is 1. The summed E-state index contributed by atoms with van der Waals surface area (Å²) in [5.41, 5.74) is 1.12. The minimum Gasteiger partial charge on any atom is -0.466 e. The highest BCUT2D eigenvalue weighted by molar-refractivity contribution is 7.11. The first-order valence-corrected chi connectivity index (χ1v) is 7.88. The van der Waals surface area contributed by atoms with Crippen LogP contribution in [0.4, 0.5) is 8.78 Å². The molecular formula is C16H13F2N3O2S. The molecule has 0 radical (unpaired) electrons. The van der Waals surface area contributed by atoms with Crippen LogP contribution in [0.25, 0.3) is 0 Å². The molecule has 0 bridgehead atoms. The lowest BCUT2D eigenvalue weighted by Crippen LogP contribution is -2.32. The summed E-state index contributed by atoms with van der Waals surface area (Å²) in [5, 5.41) is 5.44. The number of hydrogen-bond acceptors (Lipinski definition) is 6. The first-order chi connectivity index (χ1) is 11.5. The molecule has 0 saturated heterocycles. The smallest absolute Gasteiger partial charge is 0.338 e. The summed E-state index contributed by atoms with van der Waals surface area (Å²) < 4.78 is 31.7. The van der Waals surface area contributed by atoms with Crippen molar-refractivity contribution < 1.29 is 18.3 Å². The summed E-state index contributed by atoms with van der Waals surface area (Å²) >= 11 is 1.37. The highest BCUT2D eigenvalue weighted by Crippen LogP contribution is 2.33. The first-order valence-electron chi connectivity index (χ1n) is 7.00. The third-order valence-corrected chi connectivity index (χ3v) is 4.32. The Hall–Kier alpha value is -2.61. The highest BCUT2D eigenvalue weighted by atomic mass is 32.1. The lowest BCUT2D eigenvalue weighted by molar-refractivity contribution is -0.136. The fourth-order valence-electron chi connectivity index (χ4n) is 2.42. The molecule has 0 aliphatic carbocycles. The Labute approximate surface area is 140 Å². The molecule has 2 heterocycles. The van der Waals surface area contributed by atoms with E-state index in [1.54, 1.807) is 18.5 Å². The van der Waals surface area contributed by atoms with Gasteiger partial charge in [0.1, 0.15) is 6.04 Å². The predicted molar refractivity (Wildman–Crippen MR) is 85.6 cm³/mol. The Morgan fingerprint density at radius 2 is 2.12 bits per heavy atom. The number of carbonyl (C=O) groups is 1. The first kappa shape index (κ1) is 16.3. The molecule has 1 N–H and O–H groups in total. The van der Waals surface area contributed by atoms with Gasteiger partial charge in [0.05, 0.1) is 12.7 Å². The van der Waals surface area contributed by atoms with Gasteiger partial charge in [-0.2, -0.15) is 0 Å². The van der Waals surface area contributed by atoms with Gasteiger partial charge in [0.2, 0.25) is 0 Å². The number of amidine groups is 1. The number of benzene rings is 1. The molecule has 0 saturated carbocycles. The fourth-order valence-corrected chi connectivity index (χ4v) is 3.01.